The Kier molecular flexibility index (Phi) is 6.29. The van der Waals surface area contributed by atoms with E-state index in [1.54, 1.807) is 27.6 Å². The molecule has 3 aromatic rings. The van der Waals surface area contributed by atoms with E-state index in [4.69, 9.17) is 5.41 Å². The molecular formula is C24H28N4O2S2. The fourth-order valence-electron chi connectivity index (χ4n) is 3.85. The molecule has 2 N–H and O–H groups in total. The number of nitrogens with zero attached hydrogens (tertiary/aromatic N) is 3. The van der Waals surface area contributed by atoms with Gasteiger partial charge in [-0.2, -0.15) is 0 Å². The lowest BCUT2D eigenvalue weighted by Gasteiger charge is -2.27. The van der Waals surface area contributed by atoms with Crippen molar-refractivity contribution >= 4 is 34.3 Å². The molecule has 1 aromatic carbocycles. The minimum absolute atomic E-state index is 0.0599. The number of likely N-dealkylation sites (tertiary alicyclic amines) is 1. The van der Waals surface area contributed by atoms with E-state index >= 15 is 0 Å². The molecule has 2 aromatic heterocycles. The predicted molar refractivity (Wildman–Crippen MR) is 129 cm³/mol. The molecule has 1 amide bonds. The first-order valence-corrected chi connectivity index (χ1v) is 12.3. The molecule has 2 atom stereocenters. The topological polar surface area (TPSA) is 90.2 Å². The molecule has 0 saturated carbocycles. The maximum Gasteiger partial charge on any atom is 0.268 e. The average molecular weight is 469 g/mol. The molecule has 1 aliphatic rings. The number of aryl methyl sites for hydroxylation is 1. The van der Waals surface area contributed by atoms with Gasteiger partial charge in [-0.15, -0.1) is 22.7 Å². The van der Waals surface area contributed by atoms with E-state index in [1.165, 1.54) is 16.0 Å². The Morgan fingerprint density at radius 2 is 1.97 bits per heavy atom. The lowest BCUT2D eigenvalue weighted by molar-refractivity contribution is -0.125. The van der Waals surface area contributed by atoms with Crippen molar-refractivity contribution in [3.63, 3.8) is 0 Å². The maximum atomic E-state index is 12.9. The molecule has 0 aliphatic carbocycles. The fourth-order valence-corrected chi connectivity index (χ4v) is 5.74. The second kappa shape index (κ2) is 8.84. The van der Waals surface area contributed by atoms with E-state index in [1.807, 2.05) is 39.4 Å². The number of benzene rings is 1. The number of hydrogen-bond donors (Lipinski definition) is 2. The zero-order chi connectivity index (χ0) is 23.0. The molecule has 0 unspecified atom stereocenters. The highest BCUT2D eigenvalue weighted by molar-refractivity contribution is 7.13. The van der Waals surface area contributed by atoms with Gasteiger partial charge in [0.1, 0.15) is 10.7 Å². The normalized spacial score (nSPS) is 18.8. The van der Waals surface area contributed by atoms with E-state index in [2.05, 4.69) is 34.2 Å². The van der Waals surface area contributed by atoms with Gasteiger partial charge < -0.3 is 10.0 Å². The largest absolute Gasteiger partial charge is 0.391 e. The van der Waals surface area contributed by atoms with Crippen LogP contribution in [0.15, 0.2) is 36.0 Å². The predicted octanol–water partition coefficient (Wildman–Crippen LogP) is 4.87. The monoisotopic (exact) mass is 468 g/mol. The molecule has 1 fully saturated rings. The standard InChI is InChI=1S/C24H28N4O2S2/c1-14-20(31-13-27-14)16-7-5-15(6-8-16)9-18-11-26-22(32-18)19-10-17(29)12-28(19)23(30)21(25)24(2,3)4/h5-8,11,13,17,19,25,29H,9-10,12H2,1-4H3/t17-,19+/m1/s1. The molecule has 3 heterocycles. The number of thiazole rings is 2. The molecule has 0 bridgehead atoms. The Morgan fingerprint density at radius 1 is 1.25 bits per heavy atom. The van der Waals surface area contributed by atoms with Crippen LogP contribution >= 0.6 is 22.7 Å². The van der Waals surface area contributed by atoms with Crippen LogP contribution in [0.1, 0.15) is 54.4 Å². The van der Waals surface area contributed by atoms with Crippen LogP contribution in [-0.2, 0) is 11.2 Å². The molecule has 168 valence electrons. The summed E-state index contributed by atoms with van der Waals surface area (Å²) < 4.78 is 0. The second-order valence-corrected chi connectivity index (χ2v) is 11.3. The van der Waals surface area contributed by atoms with E-state index < -0.39 is 11.5 Å². The molecule has 8 heteroatoms. The third kappa shape index (κ3) is 4.67. The highest BCUT2D eigenvalue weighted by atomic mass is 32.1. The number of amides is 1. The lowest BCUT2D eigenvalue weighted by Crippen LogP contribution is -2.41. The zero-order valence-corrected chi connectivity index (χ0v) is 20.4. The second-order valence-electron chi connectivity index (χ2n) is 9.29. The van der Waals surface area contributed by atoms with Gasteiger partial charge >= 0.3 is 0 Å². The third-order valence-corrected chi connectivity index (χ3v) is 7.78. The van der Waals surface area contributed by atoms with Crippen LogP contribution in [0.25, 0.3) is 10.4 Å². The Labute approximate surface area is 196 Å². The van der Waals surface area contributed by atoms with Crippen LogP contribution in [0, 0.1) is 17.7 Å². The molecular weight excluding hydrogens is 440 g/mol. The van der Waals surface area contributed by atoms with Crippen molar-refractivity contribution in [1.82, 2.24) is 14.9 Å². The maximum absolute atomic E-state index is 12.9. The molecule has 1 aliphatic heterocycles. The van der Waals surface area contributed by atoms with Crippen molar-refractivity contribution in [2.75, 3.05) is 6.54 Å². The van der Waals surface area contributed by atoms with Gasteiger partial charge in [0.2, 0.25) is 0 Å². The van der Waals surface area contributed by atoms with Gasteiger partial charge in [0.15, 0.2) is 0 Å². The summed E-state index contributed by atoms with van der Waals surface area (Å²) in [5.41, 5.74) is 4.81. The Morgan fingerprint density at radius 3 is 2.59 bits per heavy atom. The van der Waals surface area contributed by atoms with E-state index in [-0.39, 0.29) is 24.2 Å². The van der Waals surface area contributed by atoms with Crippen LogP contribution in [0.2, 0.25) is 0 Å². The van der Waals surface area contributed by atoms with Crippen molar-refractivity contribution < 1.29 is 9.90 Å². The number of carbonyl (C=O) groups is 1. The molecule has 4 rings (SSSR count). The number of hydrogen-bond acceptors (Lipinski definition) is 7. The molecule has 32 heavy (non-hydrogen) atoms. The van der Waals surface area contributed by atoms with E-state index in [0.717, 1.165) is 22.0 Å². The van der Waals surface area contributed by atoms with Crippen LogP contribution in [0.4, 0.5) is 0 Å². The van der Waals surface area contributed by atoms with Crippen LogP contribution in [0.5, 0.6) is 0 Å². The lowest BCUT2D eigenvalue weighted by atomic mass is 9.89. The van der Waals surface area contributed by atoms with Gasteiger partial charge in [0, 0.05) is 35.9 Å². The molecule has 1 saturated heterocycles. The number of aromatic nitrogens is 2. The van der Waals surface area contributed by atoms with Gasteiger partial charge in [-0.1, -0.05) is 45.0 Å². The quantitative estimate of drug-likeness (QED) is 0.523. The van der Waals surface area contributed by atoms with E-state index in [9.17, 15) is 9.90 Å². The fraction of sp³-hybridized carbons (Fsp3) is 0.417. The Hall–Kier alpha value is -2.42. The van der Waals surface area contributed by atoms with Crippen molar-refractivity contribution in [3.05, 3.63) is 57.1 Å². The Bertz CT molecular complexity index is 1130. The average Bonchev–Trinajstić information content (AvgIpc) is 3.47. The molecule has 0 radical (unpaired) electrons. The summed E-state index contributed by atoms with van der Waals surface area (Å²) in [5, 5.41) is 19.3. The summed E-state index contributed by atoms with van der Waals surface area (Å²) in [7, 11) is 0. The molecule has 0 spiro atoms. The number of nitrogens with one attached hydrogen (secondary N) is 1. The Balaban J connectivity index is 1.48. The first kappa shape index (κ1) is 22.8. The number of β-amino-alcohol motifs (C(OH)–C–C–N with tert-alkyl or cyclic N) is 1. The van der Waals surface area contributed by atoms with Crippen molar-refractivity contribution in [1.29, 1.82) is 5.41 Å². The number of aliphatic hydroxyl groups is 1. The summed E-state index contributed by atoms with van der Waals surface area (Å²) in [6, 6.07) is 8.24. The van der Waals surface area contributed by atoms with Crippen LogP contribution in [0.3, 0.4) is 0 Å². The summed E-state index contributed by atoms with van der Waals surface area (Å²) in [5.74, 6) is -0.315. The highest BCUT2D eigenvalue weighted by Crippen LogP contribution is 2.36. The summed E-state index contributed by atoms with van der Waals surface area (Å²) in [6.45, 7) is 7.85. The van der Waals surface area contributed by atoms with Gasteiger partial charge in [-0.3, -0.25) is 10.2 Å². The van der Waals surface area contributed by atoms with Crippen molar-refractivity contribution in [2.45, 2.75) is 52.7 Å². The molecule has 6 nitrogen and oxygen atoms in total. The van der Waals surface area contributed by atoms with Gasteiger partial charge in [-0.05, 0) is 18.1 Å². The first-order valence-electron chi connectivity index (χ1n) is 10.7. The minimum Gasteiger partial charge on any atom is -0.391 e. The van der Waals surface area contributed by atoms with Crippen molar-refractivity contribution in [3.8, 4) is 10.4 Å². The zero-order valence-electron chi connectivity index (χ0n) is 18.8. The smallest absolute Gasteiger partial charge is 0.268 e. The SMILES string of the molecule is Cc1ncsc1-c1ccc(Cc2cnc([C@@H]3C[C@@H](O)CN3C(=O)C(=N)C(C)(C)C)s2)cc1. The van der Waals surface area contributed by atoms with E-state index in [0.29, 0.717) is 6.42 Å². The van der Waals surface area contributed by atoms with Gasteiger partial charge in [-0.25, -0.2) is 9.97 Å². The first-order chi connectivity index (χ1) is 15.1. The number of rotatable bonds is 5. The van der Waals surface area contributed by atoms with Crippen LogP contribution in [-0.4, -0.2) is 44.2 Å². The van der Waals surface area contributed by atoms with Gasteiger partial charge in [0.25, 0.3) is 5.91 Å². The summed E-state index contributed by atoms with van der Waals surface area (Å²) in [4.78, 5) is 25.8. The summed E-state index contributed by atoms with van der Waals surface area (Å²) in [6.07, 6.45) is 2.50. The number of aliphatic hydroxyl groups excluding tert-OH is 1. The highest BCUT2D eigenvalue weighted by Gasteiger charge is 2.40. The van der Waals surface area contributed by atoms with Crippen LogP contribution < -0.4 is 0 Å². The third-order valence-electron chi connectivity index (χ3n) is 5.70. The minimum atomic E-state index is -0.591. The number of carbonyl (C=O) groups excluding carboxylic acids is 1. The van der Waals surface area contributed by atoms with Gasteiger partial charge in [0.05, 0.1) is 28.2 Å². The van der Waals surface area contributed by atoms with Crippen molar-refractivity contribution in [2.24, 2.45) is 5.41 Å². The summed E-state index contributed by atoms with van der Waals surface area (Å²) >= 11 is 3.23.